The molecule has 1 aromatic rings. The molecule has 0 saturated heterocycles. The molecule has 0 heterocycles. The Morgan fingerprint density at radius 1 is 1.32 bits per heavy atom. The van der Waals surface area contributed by atoms with E-state index in [1.807, 2.05) is 5.32 Å². The van der Waals surface area contributed by atoms with Crippen LogP contribution >= 0.6 is 12.2 Å². The molecule has 0 aliphatic rings. The normalized spacial score (nSPS) is 12.1. The molecule has 0 fully saturated rings. The van der Waals surface area contributed by atoms with Gasteiger partial charge >= 0.3 is 6.18 Å². The second-order valence-corrected chi connectivity index (χ2v) is 4.14. The van der Waals surface area contributed by atoms with E-state index in [-0.39, 0.29) is 5.11 Å². The highest BCUT2D eigenvalue weighted by Crippen LogP contribution is 2.12. The molecule has 1 rings (SSSR count). The van der Waals surface area contributed by atoms with Gasteiger partial charge in [-0.15, -0.1) is 0 Å². The van der Waals surface area contributed by atoms with Gasteiger partial charge in [0.25, 0.3) is 0 Å². The van der Waals surface area contributed by atoms with Gasteiger partial charge in [-0.2, -0.15) is 18.3 Å². The Labute approximate surface area is 113 Å². The standard InChI is InChI=1S/C11H13F3N4S/c1-7(8-2-4-9(15)5-3-8)17-18-10(19)16-6-11(12,13)14/h2-5H,6,15H2,1H3,(H2,16,18,19)/b17-7+. The van der Waals surface area contributed by atoms with Crippen molar-refractivity contribution in [1.82, 2.24) is 10.7 Å². The third-order valence-corrected chi connectivity index (χ3v) is 2.34. The highest BCUT2D eigenvalue weighted by Gasteiger charge is 2.26. The molecule has 0 spiro atoms. The lowest BCUT2D eigenvalue weighted by Crippen LogP contribution is -2.38. The van der Waals surface area contributed by atoms with E-state index in [4.69, 9.17) is 5.73 Å². The van der Waals surface area contributed by atoms with E-state index in [2.05, 4.69) is 22.7 Å². The first-order chi connectivity index (χ1) is 8.78. The van der Waals surface area contributed by atoms with Gasteiger partial charge in [0, 0.05) is 5.69 Å². The van der Waals surface area contributed by atoms with Crippen molar-refractivity contribution in [2.24, 2.45) is 5.10 Å². The van der Waals surface area contributed by atoms with E-state index in [0.29, 0.717) is 11.4 Å². The summed E-state index contributed by atoms with van der Waals surface area (Å²) in [5.41, 5.74) is 9.87. The lowest BCUT2D eigenvalue weighted by Gasteiger charge is -2.10. The zero-order chi connectivity index (χ0) is 14.5. The molecule has 4 N–H and O–H groups in total. The molecule has 0 saturated carbocycles. The van der Waals surface area contributed by atoms with Crippen molar-refractivity contribution in [2.75, 3.05) is 12.3 Å². The van der Waals surface area contributed by atoms with Gasteiger partial charge in [0.1, 0.15) is 6.54 Å². The summed E-state index contributed by atoms with van der Waals surface area (Å²) in [6.07, 6.45) is -4.32. The van der Waals surface area contributed by atoms with Gasteiger partial charge in [0.05, 0.1) is 5.71 Å². The van der Waals surface area contributed by atoms with Gasteiger partial charge in [0.2, 0.25) is 0 Å². The van der Waals surface area contributed by atoms with E-state index >= 15 is 0 Å². The number of halogens is 3. The topological polar surface area (TPSA) is 62.4 Å². The molecule has 4 nitrogen and oxygen atoms in total. The summed E-state index contributed by atoms with van der Waals surface area (Å²) in [5, 5.41) is 5.70. The number of benzene rings is 1. The summed E-state index contributed by atoms with van der Waals surface area (Å²) >= 11 is 4.66. The maximum Gasteiger partial charge on any atom is 0.405 e. The summed E-state index contributed by atoms with van der Waals surface area (Å²) in [4.78, 5) is 0. The van der Waals surface area contributed by atoms with Gasteiger partial charge in [-0.05, 0) is 36.8 Å². The minimum atomic E-state index is -4.32. The Morgan fingerprint density at radius 2 is 1.89 bits per heavy atom. The molecule has 104 valence electrons. The van der Waals surface area contributed by atoms with Crippen molar-refractivity contribution in [3.8, 4) is 0 Å². The second-order valence-electron chi connectivity index (χ2n) is 3.73. The number of thiocarbonyl (C=S) groups is 1. The molecule has 0 amide bonds. The van der Waals surface area contributed by atoms with Crippen molar-refractivity contribution in [3.05, 3.63) is 29.8 Å². The van der Waals surface area contributed by atoms with Crippen LogP contribution in [-0.4, -0.2) is 23.5 Å². The largest absolute Gasteiger partial charge is 0.405 e. The Bertz CT molecular complexity index is 468. The average Bonchev–Trinajstić information content (AvgIpc) is 2.33. The van der Waals surface area contributed by atoms with Crippen LogP contribution in [0.15, 0.2) is 29.4 Å². The number of nitrogens with one attached hydrogen (secondary N) is 2. The van der Waals surface area contributed by atoms with E-state index in [9.17, 15) is 13.2 Å². The van der Waals surface area contributed by atoms with Gasteiger partial charge in [-0.3, -0.25) is 5.43 Å². The SMILES string of the molecule is C/C(=N\NC(=S)NCC(F)(F)F)c1ccc(N)cc1. The number of nitrogens with two attached hydrogens (primary N) is 1. The lowest BCUT2D eigenvalue weighted by atomic mass is 10.1. The summed E-state index contributed by atoms with van der Waals surface area (Å²) in [7, 11) is 0. The zero-order valence-corrected chi connectivity index (χ0v) is 10.9. The van der Waals surface area contributed by atoms with Gasteiger partial charge in [-0.25, -0.2) is 0 Å². The average molecular weight is 290 g/mol. The van der Waals surface area contributed by atoms with Crippen LogP contribution in [0, 0.1) is 0 Å². The highest BCUT2D eigenvalue weighted by atomic mass is 32.1. The van der Waals surface area contributed by atoms with E-state index < -0.39 is 12.7 Å². The van der Waals surface area contributed by atoms with Crippen LogP contribution in [0.1, 0.15) is 12.5 Å². The summed E-state index contributed by atoms with van der Waals surface area (Å²) in [6.45, 7) is 0.500. The predicted molar refractivity (Wildman–Crippen MR) is 72.9 cm³/mol. The van der Waals surface area contributed by atoms with Crippen LogP contribution in [0.3, 0.4) is 0 Å². The van der Waals surface area contributed by atoms with E-state index in [1.165, 1.54) is 0 Å². The van der Waals surface area contributed by atoms with E-state index in [0.717, 1.165) is 5.56 Å². The molecule has 1 aromatic carbocycles. The number of alkyl halides is 3. The molecule has 0 aromatic heterocycles. The number of nitrogens with zero attached hydrogens (tertiary/aromatic N) is 1. The predicted octanol–water partition coefficient (Wildman–Crippen LogP) is 2.02. The smallest absolute Gasteiger partial charge is 0.399 e. The highest BCUT2D eigenvalue weighted by molar-refractivity contribution is 7.80. The van der Waals surface area contributed by atoms with Crippen LogP contribution in [0.4, 0.5) is 18.9 Å². The summed E-state index contributed by atoms with van der Waals surface area (Å²) in [6, 6.07) is 6.91. The third-order valence-electron chi connectivity index (χ3n) is 2.10. The molecule has 8 heteroatoms. The third kappa shape index (κ3) is 6.05. The second kappa shape index (κ2) is 6.37. The number of rotatable bonds is 3. The Balaban J connectivity index is 2.52. The fraction of sp³-hybridized carbons (Fsp3) is 0.273. The molecular formula is C11H13F3N4S. The van der Waals surface area contributed by atoms with Crippen LogP contribution in [0.5, 0.6) is 0 Å². The van der Waals surface area contributed by atoms with Crippen molar-refractivity contribution in [1.29, 1.82) is 0 Å². The first-order valence-electron chi connectivity index (χ1n) is 5.29. The lowest BCUT2D eigenvalue weighted by molar-refractivity contribution is -0.122. The fourth-order valence-corrected chi connectivity index (χ4v) is 1.26. The van der Waals surface area contributed by atoms with Gasteiger partial charge < -0.3 is 11.1 Å². The fourth-order valence-electron chi connectivity index (χ4n) is 1.14. The minimum Gasteiger partial charge on any atom is -0.399 e. The molecular weight excluding hydrogens is 277 g/mol. The minimum absolute atomic E-state index is 0.188. The van der Waals surface area contributed by atoms with Crippen molar-refractivity contribution in [2.45, 2.75) is 13.1 Å². The molecule has 0 radical (unpaired) electrons. The van der Waals surface area contributed by atoms with Gasteiger partial charge in [0.15, 0.2) is 5.11 Å². The Morgan fingerprint density at radius 3 is 2.42 bits per heavy atom. The number of nitrogen functional groups attached to an aromatic ring is 1. The number of hydrogen-bond donors (Lipinski definition) is 3. The van der Waals surface area contributed by atoms with Crippen LogP contribution in [-0.2, 0) is 0 Å². The monoisotopic (exact) mass is 290 g/mol. The first kappa shape index (κ1) is 15.2. The zero-order valence-electron chi connectivity index (χ0n) is 10.1. The molecule has 0 bridgehead atoms. The van der Waals surface area contributed by atoms with E-state index in [1.54, 1.807) is 31.2 Å². The summed E-state index contributed by atoms with van der Waals surface area (Å²) in [5.74, 6) is 0. The summed E-state index contributed by atoms with van der Waals surface area (Å²) < 4.78 is 35.8. The molecule has 0 unspecified atom stereocenters. The molecule has 19 heavy (non-hydrogen) atoms. The Kier molecular flexibility index (Phi) is 5.11. The van der Waals surface area contributed by atoms with Crippen LogP contribution in [0.2, 0.25) is 0 Å². The maximum atomic E-state index is 11.9. The van der Waals surface area contributed by atoms with Crippen LogP contribution < -0.4 is 16.5 Å². The van der Waals surface area contributed by atoms with Crippen LogP contribution in [0.25, 0.3) is 0 Å². The number of hydrazone groups is 1. The van der Waals surface area contributed by atoms with Crippen molar-refractivity contribution in [3.63, 3.8) is 0 Å². The van der Waals surface area contributed by atoms with Crippen molar-refractivity contribution < 1.29 is 13.2 Å². The molecule has 0 atom stereocenters. The molecule has 0 aliphatic heterocycles. The quantitative estimate of drug-likeness (QED) is 0.345. The maximum absolute atomic E-state index is 11.9. The van der Waals surface area contributed by atoms with Gasteiger partial charge in [-0.1, -0.05) is 12.1 Å². The number of anilines is 1. The number of hydrogen-bond acceptors (Lipinski definition) is 3. The Hall–Kier alpha value is -1.83. The molecule has 0 aliphatic carbocycles. The first-order valence-corrected chi connectivity index (χ1v) is 5.69. The van der Waals surface area contributed by atoms with Crippen molar-refractivity contribution >= 4 is 28.7 Å².